The molecule has 0 atom stereocenters. The predicted molar refractivity (Wildman–Crippen MR) is 119 cm³/mol. The molecule has 3 aromatic heterocycles. The Morgan fingerprint density at radius 1 is 1.24 bits per heavy atom. The highest BCUT2D eigenvalue weighted by Crippen LogP contribution is 2.39. The summed E-state index contributed by atoms with van der Waals surface area (Å²) in [5, 5.41) is 13.0. The zero-order chi connectivity index (χ0) is 20.5. The number of amides is 1. The number of nitrogens with zero attached hydrogens (tertiary/aromatic N) is 4. The van der Waals surface area contributed by atoms with Crippen molar-refractivity contribution in [1.29, 1.82) is 0 Å². The number of anilines is 2. The molecule has 0 bridgehead atoms. The summed E-state index contributed by atoms with van der Waals surface area (Å²) in [5.41, 5.74) is 9.98. The van der Waals surface area contributed by atoms with Crippen LogP contribution in [0.15, 0.2) is 41.7 Å². The number of hydrogen-bond donors (Lipinski definition) is 2. The van der Waals surface area contributed by atoms with Crippen molar-refractivity contribution >= 4 is 50.6 Å². The number of nitrogens with two attached hydrogens (primary N) is 1. The molecule has 0 saturated carbocycles. The van der Waals surface area contributed by atoms with Crippen molar-refractivity contribution in [3.05, 3.63) is 47.7 Å². The number of aromatic nitrogens is 4. The van der Waals surface area contributed by atoms with Gasteiger partial charge in [-0.25, -0.2) is 4.98 Å². The highest BCUT2D eigenvalue weighted by Gasteiger charge is 2.19. The van der Waals surface area contributed by atoms with Gasteiger partial charge in [-0.05, 0) is 49.2 Å². The maximum atomic E-state index is 12.4. The quantitative estimate of drug-likeness (QED) is 0.470. The Bertz CT molecular complexity index is 1190. The molecule has 4 aromatic rings. The minimum atomic E-state index is -0.0878. The standard InChI is InChI=1S/C20H20N6OS2/c1-11-7-12(2)9-13(8-11)23-15(27)10-28-20-25-24-18(26(20)3)17-16(21)14-5-4-6-22-19(14)29-17/h4-9H,10,21H2,1-3H3,(H,23,27). The molecule has 1 aromatic carbocycles. The lowest BCUT2D eigenvalue weighted by molar-refractivity contribution is -0.113. The van der Waals surface area contributed by atoms with Crippen molar-refractivity contribution < 1.29 is 4.79 Å². The van der Waals surface area contributed by atoms with Gasteiger partial charge >= 0.3 is 0 Å². The van der Waals surface area contributed by atoms with Crippen LogP contribution < -0.4 is 11.1 Å². The molecule has 148 valence electrons. The molecule has 0 aliphatic carbocycles. The molecule has 3 heterocycles. The first-order valence-electron chi connectivity index (χ1n) is 8.96. The number of thioether (sulfide) groups is 1. The van der Waals surface area contributed by atoms with Gasteiger partial charge in [0.15, 0.2) is 11.0 Å². The fraction of sp³-hybridized carbons (Fsp3) is 0.200. The zero-order valence-corrected chi connectivity index (χ0v) is 17.9. The third-order valence-electron chi connectivity index (χ3n) is 4.38. The molecule has 3 N–H and O–H groups in total. The summed E-state index contributed by atoms with van der Waals surface area (Å²) in [5.74, 6) is 0.820. The van der Waals surface area contributed by atoms with Crippen LogP contribution in [0.4, 0.5) is 11.4 Å². The number of nitrogen functional groups attached to an aromatic ring is 1. The van der Waals surface area contributed by atoms with Gasteiger partial charge in [0.2, 0.25) is 5.91 Å². The molecular formula is C20H20N6OS2. The fourth-order valence-electron chi connectivity index (χ4n) is 3.13. The van der Waals surface area contributed by atoms with Gasteiger partial charge in [-0.3, -0.25) is 4.79 Å². The van der Waals surface area contributed by atoms with Crippen molar-refractivity contribution in [1.82, 2.24) is 19.7 Å². The van der Waals surface area contributed by atoms with Gasteiger partial charge in [-0.1, -0.05) is 17.8 Å². The fourth-order valence-corrected chi connectivity index (χ4v) is 4.92. The van der Waals surface area contributed by atoms with Crippen LogP contribution in [0.1, 0.15) is 11.1 Å². The topological polar surface area (TPSA) is 98.7 Å². The van der Waals surface area contributed by atoms with Crippen LogP contribution in [0.2, 0.25) is 0 Å². The van der Waals surface area contributed by atoms with Crippen LogP contribution in [0.25, 0.3) is 20.9 Å². The average molecular weight is 425 g/mol. The number of pyridine rings is 1. The molecule has 1 amide bonds. The van der Waals surface area contributed by atoms with E-state index in [1.807, 2.05) is 49.7 Å². The maximum absolute atomic E-state index is 12.4. The summed E-state index contributed by atoms with van der Waals surface area (Å²) in [7, 11) is 1.87. The van der Waals surface area contributed by atoms with E-state index in [-0.39, 0.29) is 11.7 Å². The molecule has 0 aliphatic rings. The summed E-state index contributed by atoms with van der Waals surface area (Å²) in [4.78, 5) is 18.4. The van der Waals surface area contributed by atoms with E-state index in [1.165, 1.54) is 23.1 Å². The first kappa shape index (κ1) is 19.4. The minimum absolute atomic E-state index is 0.0878. The Morgan fingerprint density at radius 3 is 2.72 bits per heavy atom. The SMILES string of the molecule is Cc1cc(C)cc(NC(=O)CSc2nnc(-c3sc4ncccc4c3N)n2C)c1. The van der Waals surface area contributed by atoms with Crippen molar-refractivity contribution in [3.63, 3.8) is 0 Å². The summed E-state index contributed by atoms with van der Waals surface area (Å²) < 4.78 is 1.86. The first-order valence-corrected chi connectivity index (χ1v) is 10.8. The molecule has 0 spiro atoms. The lowest BCUT2D eigenvalue weighted by Crippen LogP contribution is -2.14. The second-order valence-corrected chi connectivity index (χ2v) is 8.72. The highest BCUT2D eigenvalue weighted by atomic mass is 32.2. The van der Waals surface area contributed by atoms with E-state index in [0.29, 0.717) is 16.7 Å². The van der Waals surface area contributed by atoms with E-state index < -0.39 is 0 Å². The predicted octanol–water partition coefficient (Wildman–Crippen LogP) is 4.02. The number of thiophene rings is 1. The number of nitrogens with one attached hydrogen (secondary N) is 1. The smallest absolute Gasteiger partial charge is 0.234 e. The average Bonchev–Trinajstić information content (AvgIpc) is 3.19. The third-order valence-corrected chi connectivity index (χ3v) is 6.53. The van der Waals surface area contributed by atoms with E-state index >= 15 is 0 Å². The van der Waals surface area contributed by atoms with Gasteiger partial charge in [0.05, 0.1) is 16.3 Å². The maximum Gasteiger partial charge on any atom is 0.234 e. The first-order chi connectivity index (χ1) is 13.9. The largest absolute Gasteiger partial charge is 0.397 e. The monoisotopic (exact) mass is 424 g/mol. The van der Waals surface area contributed by atoms with Gasteiger partial charge in [0.25, 0.3) is 0 Å². The van der Waals surface area contributed by atoms with E-state index in [4.69, 9.17) is 5.73 Å². The van der Waals surface area contributed by atoms with Crippen LogP contribution in [0.3, 0.4) is 0 Å². The Hall–Kier alpha value is -2.91. The number of hydrogen-bond acceptors (Lipinski definition) is 7. The zero-order valence-electron chi connectivity index (χ0n) is 16.3. The molecule has 9 heteroatoms. The van der Waals surface area contributed by atoms with Gasteiger partial charge < -0.3 is 15.6 Å². The van der Waals surface area contributed by atoms with Gasteiger partial charge in [0.1, 0.15) is 4.83 Å². The molecule has 0 saturated heterocycles. The molecule has 4 rings (SSSR count). The van der Waals surface area contributed by atoms with E-state index in [1.54, 1.807) is 6.20 Å². The van der Waals surface area contributed by atoms with E-state index in [9.17, 15) is 4.79 Å². The number of benzene rings is 1. The van der Waals surface area contributed by atoms with E-state index in [2.05, 4.69) is 26.6 Å². The summed E-state index contributed by atoms with van der Waals surface area (Å²) in [6.45, 7) is 4.02. The van der Waals surface area contributed by atoms with Crippen molar-refractivity contribution in [3.8, 4) is 10.7 Å². The summed E-state index contributed by atoms with van der Waals surface area (Å²) >= 11 is 2.82. The molecule has 0 aliphatic heterocycles. The van der Waals surface area contributed by atoms with Gasteiger partial charge in [0, 0.05) is 24.3 Å². The lowest BCUT2D eigenvalue weighted by Gasteiger charge is -2.07. The minimum Gasteiger partial charge on any atom is -0.397 e. The third kappa shape index (κ3) is 3.96. The van der Waals surface area contributed by atoms with Gasteiger partial charge in [-0.2, -0.15) is 0 Å². The number of rotatable bonds is 5. The molecule has 0 unspecified atom stereocenters. The van der Waals surface area contributed by atoms with Crippen LogP contribution in [-0.2, 0) is 11.8 Å². The lowest BCUT2D eigenvalue weighted by atomic mass is 10.1. The van der Waals surface area contributed by atoms with Crippen molar-refractivity contribution in [2.75, 3.05) is 16.8 Å². The molecule has 29 heavy (non-hydrogen) atoms. The molecular weight excluding hydrogens is 404 g/mol. The Kier molecular flexibility index (Phi) is 5.25. The molecule has 7 nitrogen and oxygen atoms in total. The number of carbonyl (C=O) groups excluding carboxylic acids is 1. The molecule has 0 radical (unpaired) electrons. The second kappa shape index (κ2) is 7.84. The van der Waals surface area contributed by atoms with E-state index in [0.717, 1.165) is 31.9 Å². The van der Waals surface area contributed by atoms with Crippen LogP contribution in [0, 0.1) is 13.8 Å². The van der Waals surface area contributed by atoms with Crippen LogP contribution in [0.5, 0.6) is 0 Å². The van der Waals surface area contributed by atoms with Gasteiger partial charge in [-0.15, -0.1) is 21.5 Å². The number of fused-ring (bicyclic) bond motifs is 1. The van der Waals surface area contributed by atoms with Crippen molar-refractivity contribution in [2.45, 2.75) is 19.0 Å². The Morgan fingerprint density at radius 2 is 2.00 bits per heavy atom. The second-order valence-electron chi connectivity index (χ2n) is 6.78. The number of aryl methyl sites for hydroxylation is 2. The Balaban J connectivity index is 1.48. The van der Waals surface area contributed by atoms with Crippen molar-refractivity contribution in [2.24, 2.45) is 7.05 Å². The summed E-state index contributed by atoms with van der Waals surface area (Å²) in [6, 6.07) is 9.78. The number of carbonyl (C=O) groups is 1. The molecule has 0 fully saturated rings. The summed E-state index contributed by atoms with van der Waals surface area (Å²) in [6.07, 6.45) is 1.74. The van der Waals surface area contributed by atoms with Crippen LogP contribution >= 0.6 is 23.1 Å². The Labute approximate surface area is 176 Å². The van der Waals surface area contributed by atoms with Crippen LogP contribution in [-0.4, -0.2) is 31.4 Å². The normalized spacial score (nSPS) is 11.1. The highest BCUT2D eigenvalue weighted by molar-refractivity contribution is 7.99.